The maximum atomic E-state index is 5.48. The van der Waals surface area contributed by atoms with Crippen molar-refractivity contribution in [2.24, 2.45) is 11.7 Å². The van der Waals surface area contributed by atoms with Crippen LogP contribution in [0.4, 0.5) is 0 Å². The second-order valence-electron chi connectivity index (χ2n) is 2.43. The van der Waals surface area contributed by atoms with Crippen molar-refractivity contribution in [1.82, 2.24) is 5.32 Å². The molecule has 0 amide bonds. The quantitative estimate of drug-likeness (QED) is 0.513. The van der Waals surface area contributed by atoms with Gasteiger partial charge in [-0.15, -0.1) is 0 Å². The minimum atomic E-state index is 0.481. The lowest BCUT2D eigenvalue weighted by Crippen LogP contribution is -2.36. The highest BCUT2D eigenvalue weighted by Crippen LogP contribution is 2.10. The maximum Gasteiger partial charge on any atom is 0.0623 e. The summed E-state index contributed by atoms with van der Waals surface area (Å²) in [5.74, 6) is 0.523. The van der Waals surface area contributed by atoms with Gasteiger partial charge in [-0.25, -0.2) is 0 Å². The highest BCUT2D eigenvalue weighted by molar-refractivity contribution is 4.80. The number of rotatable bonds is 2. The van der Waals surface area contributed by atoms with Crippen molar-refractivity contribution in [1.29, 1.82) is 0 Å². The third-order valence-corrected chi connectivity index (χ3v) is 1.87. The summed E-state index contributed by atoms with van der Waals surface area (Å²) in [4.78, 5) is 0. The Morgan fingerprint density at radius 3 is 2.89 bits per heavy atom. The first-order valence-electron chi connectivity index (χ1n) is 3.33. The SMILES string of the molecule is CNC1COCC1CN. The van der Waals surface area contributed by atoms with Crippen molar-refractivity contribution in [3.8, 4) is 0 Å². The van der Waals surface area contributed by atoms with Crippen LogP contribution in [0.1, 0.15) is 0 Å². The molecule has 0 aliphatic carbocycles. The van der Waals surface area contributed by atoms with Crippen LogP contribution in [-0.4, -0.2) is 32.8 Å². The Bertz CT molecular complexity index is 77.1. The van der Waals surface area contributed by atoms with E-state index < -0.39 is 0 Å². The zero-order chi connectivity index (χ0) is 6.69. The smallest absolute Gasteiger partial charge is 0.0623 e. The molecular weight excluding hydrogens is 116 g/mol. The van der Waals surface area contributed by atoms with E-state index >= 15 is 0 Å². The fourth-order valence-corrected chi connectivity index (χ4v) is 1.15. The first-order chi connectivity index (χ1) is 4.38. The monoisotopic (exact) mass is 130 g/mol. The summed E-state index contributed by atoms with van der Waals surface area (Å²) in [6, 6.07) is 0.481. The van der Waals surface area contributed by atoms with E-state index in [1.54, 1.807) is 0 Å². The predicted octanol–water partition coefficient (Wildman–Crippen LogP) is -0.820. The van der Waals surface area contributed by atoms with E-state index in [2.05, 4.69) is 5.32 Å². The minimum absolute atomic E-state index is 0.481. The van der Waals surface area contributed by atoms with Crippen LogP contribution in [0, 0.1) is 5.92 Å². The van der Waals surface area contributed by atoms with Gasteiger partial charge in [-0.3, -0.25) is 0 Å². The van der Waals surface area contributed by atoms with Crippen LogP contribution in [0.25, 0.3) is 0 Å². The summed E-state index contributed by atoms with van der Waals surface area (Å²) in [6.07, 6.45) is 0. The molecule has 1 heterocycles. The van der Waals surface area contributed by atoms with Crippen molar-refractivity contribution in [3.05, 3.63) is 0 Å². The van der Waals surface area contributed by atoms with Gasteiger partial charge in [-0.2, -0.15) is 0 Å². The van der Waals surface area contributed by atoms with Crippen LogP contribution in [-0.2, 0) is 4.74 Å². The van der Waals surface area contributed by atoms with Gasteiger partial charge in [0.1, 0.15) is 0 Å². The first-order valence-corrected chi connectivity index (χ1v) is 3.33. The van der Waals surface area contributed by atoms with Crippen molar-refractivity contribution in [2.45, 2.75) is 6.04 Å². The van der Waals surface area contributed by atoms with Gasteiger partial charge in [0.25, 0.3) is 0 Å². The molecule has 2 atom stereocenters. The van der Waals surface area contributed by atoms with Gasteiger partial charge in [0.05, 0.1) is 13.2 Å². The second-order valence-corrected chi connectivity index (χ2v) is 2.43. The second kappa shape index (κ2) is 3.15. The molecule has 0 spiro atoms. The van der Waals surface area contributed by atoms with Crippen LogP contribution < -0.4 is 11.1 Å². The normalized spacial score (nSPS) is 35.3. The lowest BCUT2D eigenvalue weighted by Gasteiger charge is -2.13. The lowest BCUT2D eigenvalue weighted by atomic mass is 10.1. The molecule has 0 bridgehead atoms. The maximum absolute atomic E-state index is 5.48. The largest absolute Gasteiger partial charge is 0.379 e. The molecule has 0 aromatic carbocycles. The molecule has 9 heavy (non-hydrogen) atoms. The van der Waals surface area contributed by atoms with Crippen molar-refractivity contribution < 1.29 is 4.74 Å². The molecule has 3 heteroatoms. The van der Waals surface area contributed by atoms with Gasteiger partial charge in [0, 0.05) is 12.0 Å². The molecule has 0 radical (unpaired) electrons. The third-order valence-electron chi connectivity index (χ3n) is 1.87. The van der Waals surface area contributed by atoms with Crippen LogP contribution in [0.3, 0.4) is 0 Å². The van der Waals surface area contributed by atoms with Crippen LogP contribution >= 0.6 is 0 Å². The summed E-state index contributed by atoms with van der Waals surface area (Å²) in [5, 5.41) is 3.16. The van der Waals surface area contributed by atoms with E-state index in [9.17, 15) is 0 Å². The van der Waals surface area contributed by atoms with Gasteiger partial charge in [0.15, 0.2) is 0 Å². The number of hydrogen-bond donors (Lipinski definition) is 2. The summed E-state index contributed by atoms with van der Waals surface area (Å²) < 4.78 is 5.21. The predicted molar refractivity (Wildman–Crippen MR) is 36.2 cm³/mol. The first kappa shape index (κ1) is 6.99. The molecule has 54 valence electrons. The van der Waals surface area contributed by atoms with E-state index in [1.165, 1.54) is 0 Å². The summed E-state index contributed by atoms with van der Waals surface area (Å²) in [5.41, 5.74) is 5.48. The van der Waals surface area contributed by atoms with Crippen LogP contribution in [0.2, 0.25) is 0 Å². The van der Waals surface area contributed by atoms with Gasteiger partial charge >= 0.3 is 0 Å². The average molecular weight is 130 g/mol. The Morgan fingerprint density at radius 2 is 2.44 bits per heavy atom. The number of nitrogens with two attached hydrogens (primary N) is 1. The third kappa shape index (κ3) is 1.41. The van der Waals surface area contributed by atoms with Crippen molar-refractivity contribution >= 4 is 0 Å². The number of nitrogens with one attached hydrogen (secondary N) is 1. The zero-order valence-electron chi connectivity index (χ0n) is 5.76. The Morgan fingerprint density at radius 1 is 1.67 bits per heavy atom. The standard InChI is InChI=1S/C6H14N2O/c1-8-6-4-9-3-5(6)2-7/h5-6,8H,2-4,7H2,1H3. The van der Waals surface area contributed by atoms with Crippen molar-refractivity contribution in [3.63, 3.8) is 0 Å². The van der Waals surface area contributed by atoms with Crippen LogP contribution in [0.15, 0.2) is 0 Å². The minimum Gasteiger partial charge on any atom is -0.379 e. The Hall–Kier alpha value is -0.120. The van der Waals surface area contributed by atoms with E-state index in [4.69, 9.17) is 10.5 Å². The number of hydrogen-bond acceptors (Lipinski definition) is 3. The number of likely N-dealkylation sites (N-methyl/N-ethyl adjacent to an activating group) is 1. The van der Waals surface area contributed by atoms with Gasteiger partial charge < -0.3 is 15.8 Å². The summed E-state index contributed by atoms with van der Waals surface area (Å²) in [7, 11) is 1.95. The Balaban J connectivity index is 2.32. The molecule has 1 saturated heterocycles. The van der Waals surface area contributed by atoms with E-state index in [0.29, 0.717) is 12.0 Å². The summed E-state index contributed by atoms with van der Waals surface area (Å²) >= 11 is 0. The van der Waals surface area contributed by atoms with Gasteiger partial charge in [-0.1, -0.05) is 0 Å². The number of ether oxygens (including phenoxy) is 1. The molecule has 3 N–H and O–H groups in total. The fraction of sp³-hybridized carbons (Fsp3) is 1.00. The molecule has 1 rings (SSSR count). The average Bonchev–Trinajstić information content (AvgIpc) is 2.33. The summed E-state index contributed by atoms with van der Waals surface area (Å²) in [6.45, 7) is 2.37. The van der Waals surface area contributed by atoms with Gasteiger partial charge in [0.2, 0.25) is 0 Å². The Kier molecular flexibility index (Phi) is 2.45. The van der Waals surface area contributed by atoms with E-state index in [-0.39, 0.29) is 0 Å². The highest BCUT2D eigenvalue weighted by atomic mass is 16.5. The molecule has 0 saturated carbocycles. The molecule has 0 aromatic rings. The molecule has 2 unspecified atom stereocenters. The van der Waals surface area contributed by atoms with Crippen molar-refractivity contribution in [2.75, 3.05) is 26.8 Å². The van der Waals surface area contributed by atoms with E-state index in [0.717, 1.165) is 19.8 Å². The molecule has 1 fully saturated rings. The molecule has 1 aliphatic rings. The molecular formula is C6H14N2O. The molecule has 1 aliphatic heterocycles. The lowest BCUT2D eigenvalue weighted by molar-refractivity contribution is 0.183. The van der Waals surface area contributed by atoms with Gasteiger partial charge in [-0.05, 0) is 13.6 Å². The zero-order valence-corrected chi connectivity index (χ0v) is 5.76. The molecule has 3 nitrogen and oxygen atoms in total. The topological polar surface area (TPSA) is 47.3 Å². The van der Waals surface area contributed by atoms with Crippen LogP contribution in [0.5, 0.6) is 0 Å². The highest BCUT2D eigenvalue weighted by Gasteiger charge is 2.24. The fourth-order valence-electron chi connectivity index (χ4n) is 1.15. The molecule has 0 aromatic heterocycles. The van der Waals surface area contributed by atoms with E-state index in [1.807, 2.05) is 7.05 Å². The Labute approximate surface area is 55.6 Å².